The van der Waals surface area contributed by atoms with E-state index in [-0.39, 0.29) is 0 Å². The van der Waals surface area contributed by atoms with Gasteiger partial charge in [0.25, 0.3) is 0 Å². The van der Waals surface area contributed by atoms with E-state index < -0.39 is 5.60 Å². The quantitative estimate of drug-likeness (QED) is 0.372. The Morgan fingerprint density at radius 3 is 2.88 bits per heavy atom. The standard InChI is InChI=1S/C24H24N6O2/c1-24(2,31)12-16-6-7-18(11-21(16)32-3)27-22-23-25-8-9-30(23)14-20(28-22)15-4-5-17-13-26-29-19(17)10-15/h4-11,13-14,31H,12H2,1-3H3,(H,26,29)(H,27,28). The second kappa shape index (κ2) is 7.65. The fourth-order valence-corrected chi connectivity index (χ4v) is 3.82. The molecule has 0 amide bonds. The largest absolute Gasteiger partial charge is 0.496 e. The number of ether oxygens (including phenoxy) is 1. The van der Waals surface area contributed by atoms with Gasteiger partial charge in [-0.15, -0.1) is 0 Å². The maximum atomic E-state index is 10.2. The lowest BCUT2D eigenvalue weighted by Crippen LogP contribution is -2.22. The average molecular weight is 428 g/mol. The molecule has 0 atom stereocenters. The number of rotatable bonds is 6. The van der Waals surface area contributed by atoms with Crippen LogP contribution in [0.3, 0.4) is 0 Å². The third-order valence-electron chi connectivity index (χ3n) is 5.28. The van der Waals surface area contributed by atoms with Crippen molar-refractivity contribution in [2.45, 2.75) is 25.9 Å². The topological polar surface area (TPSA) is 100 Å². The number of nitrogens with zero attached hydrogens (tertiary/aromatic N) is 4. The molecule has 3 heterocycles. The number of aromatic amines is 1. The van der Waals surface area contributed by atoms with E-state index in [1.807, 2.05) is 53.2 Å². The summed E-state index contributed by atoms with van der Waals surface area (Å²) in [5, 5.41) is 21.7. The Balaban J connectivity index is 1.53. The van der Waals surface area contributed by atoms with Gasteiger partial charge in [0.1, 0.15) is 5.75 Å². The molecule has 8 nitrogen and oxygen atoms in total. The predicted molar refractivity (Wildman–Crippen MR) is 124 cm³/mol. The van der Waals surface area contributed by atoms with Gasteiger partial charge in [-0.25, -0.2) is 9.97 Å². The number of H-pyrrole nitrogens is 1. The zero-order chi connectivity index (χ0) is 22.3. The van der Waals surface area contributed by atoms with E-state index in [0.717, 1.165) is 39.1 Å². The van der Waals surface area contributed by atoms with E-state index in [2.05, 4.69) is 20.5 Å². The van der Waals surface area contributed by atoms with E-state index in [1.54, 1.807) is 33.4 Å². The van der Waals surface area contributed by atoms with Crippen molar-refractivity contribution in [2.24, 2.45) is 0 Å². The van der Waals surface area contributed by atoms with Crippen molar-refractivity contribution in [3.8, 4) is 17.0 Å². The number of anilines is 2. The van der Waals surface area contributed by atoms with Crippen LogP contribution in [0.1, 0.15) is 19.4 Å². The molecule has 0 aliphatic carbocycles. The van der Waals surface area contributed by atoms with Crippen LogP contribution in [0, 0.1) is 0 Å². The zero-order valence-electron chi connectivity index (χ0n) is 18.1. The number of methoxy groups -OCH3 is 1. The summed E-state index contributed by atoms with van der Waals surface area (Å²) in [5.41, 5.74) is 4.38. The highest BCUT2D eigenvalue weighted by molar-refractivity contribution is 5.84. The normalized spacial score (nSPS) is 11.9. The molecule has 0 aliphatic rings. The Hall–Kier alpha value is -3.91. The molecule has 0 saturated heterocycles. The lowest BCUT2D eigenvalue weighted by molar-refractivity contribution is 0.0803. The summed E-state index contributed by atoms with van der Waals surface area (Å²) >= 11 is 0. The second-order valence-electron chi connectivity index (χ2n) is 8.45. The molecular formula is C24H24N6O2. The summed E-state index contributed by atoms with van der Waals surface area (Å²) in [6.07, 6.45) is 7.89. The summed E-state index contributed by atoms with van der Waals surface area (Å²) in [5.74, 6) is 1.34. The highest BCUT2D eigenvalue weighted by Crippen LogP contribution is 2.30. The third kappa shape index (κ3) is 3.88. The summed E-state index contributed by atoms with van der Waals surface area (Å²) < 4.78 is 7.51. The van der Waals surface area contributed by atoms with Crippen LogP contribution >= 0.6 is 0 Å². The van der Waals surface area contributed by atoms with Gasteiger partial charge in [-0.1, -0.05) is 18.2 Å². The molecule has 0 spiro atoms. The Labute approximate surface area is 184 Å². The highest BCUT2D eigenvalue weighted by atomic mass is 16.5. The average Bonchev–Trinajstić information content (AvgIpc) is 3.42. The number of hydrogen-bond acceptors (Lipinski definition) is 6. The van der Waals surface area contributed by atoms with Crippen molar-refractivity contribution in [3.05, 3.63) is 66.7 Å². The maximum Gasteiger partial charge on any atom is 0.180 e. The SMILES string of the molecule is COc1cc(Nc2nc(-c3ccc4cn[nH]c4c3)cn3ccnc23)ccc1CC(C)(C)O. The first kappa shape index (κ1) is 20.0. The van der Waals surface area contributed by atoms with E-state index in [0.29, 0.717) is 18.0 Å². The molecule has 162 valence electrons. The minimum atomic E-state index is -0.824. The van der Waals surface area contributed by atoms with Crippen LogP contribution in [0.5, 0.6) is 5.75 Å². The molecule has 5 aromatic rings. The Bertz CT molecular complexity index is 1410. The van der Waals surface area contributed by atoms with E-state index >= 15 is 0 Å². The van der Waals surface area contributed by atoms with Gasteiger partial charge in [0.2, 0.25) is 0 Å². The van der Waals surface area contributed by atoms with Crippen LogP contribution in [0.4, 0.5) is 11.5 Å². The van der Waals surface area contributed by atoms with Gasteiger partial charge in [-0.3, -0.25) is 5.10 Å². The number of nitrogens with one attached hydrogen (secondary N) is 2. The van der Waals surface area contributed by atoms with E-state index in [4.69, 9.17) is 9.72 Å². The number of hydrogen-bond donors (Lipinski definition) is 3. The summed E-state index contributed by atoms with van der Waals surface area (Å²) in [6.45, 7) is 3.56. The molecule has 0 bridgehead atoms. The molecule has 3 N–H and O–H groups in total. The van der Waals surface area contributed by atoms with Gasteiger partial charge >= 0.3 is 0 Å². The number of imidazole rings is 1. The molecule has 5 rings (SSSR count). The minimum Gasteiger partial charge on any atom is -0.496 e. The monoisotopic (exact) mass is 428 g/mol. The first-order chi connectivity index (χ1) is 15.4. The van der Waals surface area contributed by atoms with E-state index in [9.17, 15) is 5.11 Å². The van der Waals surface area contributed by atoms with Crippen LogP contribution in [0.15, 0.2) is 61.2 Å². The molecular weight excluding hydrogens is 404 g/mol. The predicted octanol–water partition coefficient (Wildman–Crippen LogP) is 4.34. The van der Waals surface area contributed by atoms with Crippen molar-refractivity contribution in [1.82, 2.24) is 24.6 Å². The Morgan fingerprint density at radius 2 is 2.06 bits per heavy atom. The lowest BCUT2D eigenvalue weighted by Gasteiger charge is -2.19. The fraction of sp³-hybridized carbons (Fsp3) is 0.208. The van der Waals surface area contributed by atoms with Crippen molar-refractivity contribution in [2.75, 3.05) is 12.4 Å². The van der Waals surface area contributed by atoms with Crippen molar-refractivity contribution < 1.29 is 9.84 Å². The second-order valence-corrected chi connectivity index (χ2v) is 8.45. The van der Waals surface area contributed by atoms with Crippen LogP contribution < -0.4 is 10.1 Å². The molecule has 8 heteroatoms. The Kier molecular flexibility index (Phi) is 4.79. The summed E-state index contributed by atoms with van der Waals surface area (Å²) in [4.78, 5) is 9.31. The van der Waals surface area contributed by atoms with Crippen LogP contribution in [0.2, 0.25) is 0 Å². The van der Waals surface area contributed by atoms with Crippen molar-refractivity contribution >= 4 is 28.1 Å². The van der Waals surface area contributed by atoms with Crippen LogP contribution in [-0.4, -0.2) is 42.4 Å². The minimum absolute atomic E-state index is 0.491. The summed E-state index contributed by atoms with van der Waals surface area (Å²) in [6, 6.07) is 11.9. The molecule has 32 heavy (non-hydrogen) atoms. The Morgan fingerprint density at radius 1 is 1.19 bits per heavy atom. The molecule has 0 unspecified atom stereocenters. The van der Waals surface area contributed by atoms with Gasteiger partial charge in [-0.2, -0.15) is 5.10 Å². The number of fused-ring (bicyclic) bond motifs is 2. The molecule has 2 aromatic carbocycles. The first-order valence-electron chi connectivity index (χ1n) is 10.3. The molecule has 0 fully saturated rings. The highest BCUT2D eigenvalue weighted by Gasteiger charge is 2.17. The van der Waals surface area contributed by atoms with Crippen molar-refractivity contribution in [3.63, 3.8) is 0 Å². The molecule has 0 radical (unpaired) electrons. The third-order valence-corrected chi connectivity index (χ3v) is 5.28. The van der Waals surface area contributed by atoms with Crippen molar-refractivity contribution in [1.29, 1.82) is 0 Å². The van der Waals surface area contributed by atoms with Gasteiger partial charge in [0.05, 0.1) is 30.1 Å². The molecule has 3 aromatic heterocycles. The maximum absolute atomic E-state index is 10.2. The molecule has 0 saturated carbocycles. The lowest BCUT2D eigenvalue weighted by atomic mass is 9.98. The van der Waals surface area contributed by atoms with Gasteiger partial charge in [0.15, 0.2) is 11.5 Å². The molecule has 0 aliphatic heterocycles. The first-order valence-corrected chi connectivity index (χ1v) is 10.3. The number of aliphatic hydroxyl groups is 1. The van der Waals surface area contributed by atoms with Crippen LogP contribution in [-0.2, 0) is 6.42 Å². The zero-order valence-corrected chi connectivity index (χ0v) is 18.1. The van der Waals surface area contributed by atoms with Gasteiger partial charge < -0.3 is 19.6 Å². The number of aromatic nitrogens is 5. The summed E-state index contributed by atoms with van der Waals surface area (Å²) in [7, 11) is 1.63. The fourth-order valence-electron chi connectivity index (χ4n) is 3.82. The van der Waals surface area contributed by atoms with Gasteiger partial charge in [-0.05, 0) is 31.5 Å². The van der Waals surface area contributed by atoms with E-state index in [1.165, 1.54) is 0 Å². The van der Waals surface area contributed by atoms with Crippen LogP contribution in [0.25, 0.3) is 27.8 Å². The smallest absolute Gasteiger partial charge is 0.180 e. The van der Waals surface area contributed by atoms with Gasteiger partial charge in [0, 0.05) is 47.7 Å². The number of benzene rings is 2.